The molecular formula is C16H18N2O3S. The van der Waals surface area contributed by atoms with Crippen LogP contribution in [-0.4, -0.2) is 29.4 Å². The minimum atomic E-state index is -0.599. The first-order chi connectivity index (χ1) is 10.7. The van der Waals surface area contributed by atoms with Crippen LogP contribution in [0.5, 0.6) is 0 Å². The van der Waals surface area contributed by atoms with Gasteiger partial charge in [0, 0.05) is 18.9 Å². The number of thiophene rings is 1. The number of rotatable bonds is 8. The van der Waals surface area contributed by atoms with Crippen molar-refractivity contribution in [2.75, 3.05) is 6.61 Å². The molecule has 0 aliphatic rings. The van der Waals surface area contributed by atoms with Crippen molar-refractivity contribution in [2.45, 2.75) is 25.9 Å². The molecule has 5 nitrogen and oxygen atoms in total. The Morgan fingerprint density at radius 3 is 2.86 bits per heavy atom. The third kappa shape index (κ3) is 4.75. The summed E-state index contributed by atoms with van der Waals surface area (Å²) in [6.45, 7) is 2.52. The molecule has 1 unspecified atom stereocenters. The summed E-state index contributed by atoms with van der Waals surface area (Å²) in [6.07, 6.45) is 3.44. The zero-order valence-corrected chi connectivity index (χ0v) is 13.1. The van der Waals surface area contributed by atoms with Crippen LogP contribution in [0.3, 0.4) is 0 Å². The second-order valence-electron chi connectivity index (χ2n) is 4.65. The molecule has 0 saturated carbocycles. The first-order valence-corrected chi connectivity index (χ1v) is 7.94. The number of hydrogen-bond donors (Lipinski definition) is 1. The van der Waals surface area contributed by atoms with Crippen LogP contribution < -0.4 is 5.32 Å². The smallest absolute Gasteiger partial charge is 0.307 e. The molecule has 22 heavy (non-hydrogen) atoms. The maximum Gasteiger partial charge on any atom is 0.307 e. The van der Waals surface area contributed by atoms with E-state index in [4.69, 9.17) is 4.74 Å². The lowest BCUT2D eigenvalue weighted by atomic mass is 10.1. The normalized spacial score (nSPS) is 11.9. The van der Waals surface area contributed by atoms with Gasteiger partial charge in [0.15, 0.2) is 5.78 Å². The average Bonchev–Trinajstić information content (AvgIpc) is 3.06. The van der Waals surface area contributed by atoms with Crippen LogP contribution >= 0.6 is 11.3 Å². The van der Waals surface area contributed by atoms with Crippen LogP contribution in [0.4, 0.5) is 0 Å². The first-order valence-electron chi connectivity index (χ1n) is 7.06. The third-order valence-corrected chi connectivity index (χ3v) is 3.92. The Labute approximate surface area is 133 Å². The molecule has 2 aromatic heterocycles. The summed E-state index contributed by atoms with van der Waals surface area (Å²) in [6, 6.07) is 6.73. The van der Waals surface area contributed by atoms with E-state index < -0.39 is 6.04 Å². The van der Waals surface area contributed by atoms with Crippen LogP contribution in [0.1, 0.15) is 28.6 Å². The number of ketones is 1. The molecule has 2 rings (SSSR count). The van der Waals surface area contributed by atoms with Gasteiger partial charge in [-0.3, -0.25) is 14.6 Å². The highest BCUT2D eigenvalue weighted by atomic mass is 32.1. The van der Waals surface area contributed by atoms with E-state index in [2.05, 4.69) is 10.3 Å². The quantitative estimate of drug-likeness (QED) is 0.598. The molecule has 0 spiro atoms. The third-order valence-electron chi connectivity index (χ3n) is 3.03. The van der Waals surface area contributed by atoms with Crippen LogP contribution in [-0.2, 0) is 16.1 Å². The Bertz CT molecular complexity index is 599. The molecule has 116 valence electrons. The van der Waals surface area contributed by atoms with Crippen LogP contribution in [0.2, 0.25) is 0 Å². The monoisotopic (exact) mass is 318 g/mol. The summed E-state index contributed by atoms with van der Waals surface area (Å²) in [7, 11) is 0. The minimum Gasteiger partial charge on any atom is -0.466 e. The molecule has 0 radical (unpaired) electrons. The number of nitrogens with one attached hydrogen (secondary N) is 1. The zero-order chi connectivity index (χ0) is 15.8. The topological polar surface area (TPSA) is 68.3 Å². The fourth-order valence-electron chi connectivity index (χ4n) is 1.98. The molecule has 0 aliphatic carbocycles. The van der Waals surface area contributed by atoms with E-state index in [0.717, 1.165) is 5.56 Å². The summed E-state index contributed by atoms with van der Waals surface area (Å²) >= 11 is 1.37. The van der Waals surface area contributed by atoms with Gasteiger partial charge < -0.3 is 10.1 Å². The number of Topliss-reactive ketones (excluding diaryl/α,β-unsaturated/α-hetero) is 1. The molecule has 1 N–H and O–H groups in total. The second-order valence-corrected chi connectivity index (χ2v) is 5.59. The molecule has 0 fully saturated rings. The Balaban J connectivity index is 2.04. The molecule has 6 heteroatoms. The van der Waals surface area contributed by atoms with Crippen molar-refractivity contribution in [2.24, 2.45) is 0 Å². The maximum absolute atomic E-state index is 12.5. The van der Waals surface area contributed by atoms with Gasteiger partial charge in [0.05, 0.1) is 23.9 Å². The molecule has 0 aliphatic heterocycles. The lowest BCUT2D eigenvalue weighted by Crippen LogP contribution is -2.38. The zero-order valence-electron chi connectivity index (χ0n) is 12.3. The van der Waals surface area contributed by atoms with Gasteiger partial charge in [0.25, 0.3) is 0 Å². The number of carbonyl (C=O) groups is 2. The van der Waals surface area contributed by atoms with Crippen LogP contribution in [0, 0.1) is 0 Å². The largest absolute Gasteiger partial charge is 0.466 e. The highest BCUT2D eigenvalue weighted by Gasteiger charge is 2.24. The van der Waals surface area contributed by atoms with Crippen molar-refractivity contribution < 1.29 is 14.3 Å². The van der Waals surface area contributed by atoms with Gasteiger partial charge in [-0.15, -0.1) is 11.3 Å². The van der Waals surface area contributed by atoms with Crippen LogP contribution in [0.15, 0.2) is 42.0 Å². The van der Waals surface area contributed by atoms with Gasteiger partial charge in [-0.2, -0.15) is 0 Å². The van der Waals surface area contributed by atoms with Gasteiger partial charge in [0.1, 0.15) is 0 Å². The summed E-state index contributed by atoms with van der Waals surface area (Å²) < 4.78 is 4.95. The van der Waals surface area contributed by atoms with E-state index in [0.29, 0.717) is 18.0 Å². The molecule has 0 amide bonds. The predicted octanol–water partition coefficient (Wildman–Crippen LogP) is 2.44. The van der Waals surface area contributed by atoms with E-state index in [-0.39, 0.29) is 18.2 Å². The molecular weight excluding hydrogens is 300 g/mol. The van der Waals surface area contributed by atoms with Crippen molar-refractivity contribution in [3.8, 4) is 0 Å². The van der Waals surface area contributed by atoms with Crippen molar-refractivity contribution in [1.29, 1.82) is 0 Å². The number of aromatic nitrogens is 1. The van der Waals surface area contributed by atoms with Crippen molar-refractivity contribution in [3.63, 3.8) is 0 Å². The van der Waals surface area contributed by atoms with Crippen molar-refractivity contribution in [1.82, 2.24) is 10.3 Å². The van der Waals surface area contributed by atoms with Crippen LogP contribution in [0.25, 0.3) is 0 Å². The van der Waals surface area contributed by atoms with Crippen molar-refractivity contribution >= 4 is 23.1 Å². The molecule has 0 saturated heterocycles. The molecule has 0 bridgehead atoms. The fraction of sp³-hybridized carbons (Fsp3) is 0.312. The van der Waals surface area contributed by atoms with Gasteiger partial charge in [-0.05, 0) is 30.0 Å². The fourth-order valence-corrected chi connectivity index (χ4v) is 2.70. The van der Waals surface area contributed by atoms with E-state index >= 15 is 0 Å². The number of nitrogens with zero attached hydrogens (tertiary/aromatic N) is 1. The molecule has 0 aromatic carbocycles. The number of ether oxygens (including phenoxy) is 1. The second kappa shape index (κ2) is 8.41. The summed E-state index contributed by atoms with van der Waals surface area (Å²) in [5.74, 6) is -0.469. The lowest BCUT2D eigenvalue weighted by Gasteiger charge is -2.16. The molecule has 2 heterocycles. The van der Waals surface area contributed by atoms with Gasteiger partial charge >= 0.3 is 5.97 Å². The Morgan fingerprint density at radius 2 is 2.23 bits per heavy atom. The standard InChI is InChI=1S/C16H18N2O3S/c1-2-21-15(19)9-13(16(20)14-6-4-8-22-14)18-11-12-5-3-7-17-10-12/h3-8,10,13,18H,2,9,11H2,1H3. The van der Waals surface area contributed by atoms with Gasteiger partial charge in [0.2, 0.25) is 0 Å². The first kappa shape index (κ1) is 16.3. The van der Waals surface area contributed by atoms with E-state index in [1.807, 2.05) is 23.6 Å². The number of hydrogen-bond acceptors (Lipinski definition) is 6. The summed E-state index contributed by atoms with van der Waals surface area (Å²) in [5, 5.41) is 4.97. The molecule has 1 atom stereocenters. The average molecular weight is 318 g/mol. The number of carbonyl (C=O) groups excluding carboxylic acids is 2. The van der Waals surface area contributed by atoms with E-state index in [1.165, 1.54) is 11.3 Å². The van der Waals surface area contributed by atoms with E-state index in [1.54, 1.807) is 25.4 Å². The Morgan fingerprint density at radius 1 is 1.36 bits per heavy atom. The maximum atomic E-state index is 12.5. The summed E-state index contributed by atoms with van der Waals surface area (Å²) in [5.41, 5.74) is 0.954. The molecule has 2 aromatic rings. The SMILES string of the molecule is CCOC(=O)CC(NCc1cccnc1)C(=O)c1cccs1. The Hall–Kier alpha value is -2.05. The highest BCUT2D eigenvalue weighted by molar-refractivity contribution is 7.12. The lowest BCUT2D eigenvalue weighted by molar-refractivity contribution is -0.143. The van der Waals surface area contributed by atoms with Crippen molar-refractivity contribution in [3.05, 3.63) is 52.5 Å². The predicted molar refractivity (Wildman–Crippen MR) is 84.8 cm³/mol. The number of esters is 1. The minimum absolute atomic E-state index is 0.0187. The summed E-state index contributed by atoms with van der Waals surface area (Å²) in [4.78, 5) is 28.9. The number of pyridine rings is 1. The highest BCUT2D eigenvalue weighted by Crippen LogP contribution is 2.14. The van der Waals surface area contributed by atoms with E-state index in [9.17, 15) is 9.59 Å². The Kier molecular flexibility index (Phi) is 6.24. The van der Waals surface area contributed by atoms with Gasteiger partial charge in [-0.1, -0.05) is 12.1 Å². The van der Waals surface area contributed by atoms with Gasteiger partial charge in [-0.25, -0.2) is 0 Å².